The van der Waals surface area contributed by atoms with Crippen LogP contribution in [0.1, 0.15) is 12.5 Å². The van der Waals surface area contributed by atoms with Crippen LogP contribution >= 0.6 is 34.8 Å². The summed E-state index contributed by atoms with van der Waals surface area (Å²) < 4.78 is 5.29. The smallest absolute Gasteiger partial charge is 0.277 e. The Labute approximate surface area is 153 Å². The zero-order valence-electron chi connectivity index (χ0n) is 12.5. The average Bonchev–Trinajstić information content (AvgIpc) is 2.55. The Morgan fingerprint density at radius 3 is 2.50 bits per heavy atom. The van der Waals surface area contributed by atoms with Gasteiger partial charge in [-0.15, -0.1) is 0 Å². The van der Waals surface area contributed by atoms with Crippen LogP contribution in [-0.4, -0.2) is 23.3 Å². The number of nitrogens with zero attached hydrogens (tertiary/aromatic N) is 1. The third-order valence-electron chi connectivity index (χ3n) is 2.95. The third kappa shape index (κ3) is 5.03. The lowest BCUT2D eigenvalue weighted by Crippen LogP contribution is -2.25. The molecule has 126 valence electrons. The van der Waals surface area contributed by atoms with Crippen molar-refractivity contribution in [3.63, 3.8) is 0 Å². The molecule has 0 unspecified atom stereocenters. The molecule has 0 atom stereocenters. The molecule has 5 nitrogen and oxygen atoms in total. The van der Waals surface area contributed by atoms with Crippen molar-refractivity contribution in [2.24, 2.45) is 5.10 Å². The summed E-state index contributed by atoms with van der Waals surface area (Å²) in [5.41, 5.74) is 3.00. The van der Waals surface area contributed by atoms with E-state index in [9.17, 15) is 9.90 Å². The number of rotatable bonds is 5. The number of phenolic OH excluding ortho intramolecular Hbond substituents is 1. The molecule has 0 saturated carbocycles. The van der Waals surface area contributed by atoms with Crippen LogP contribution in [0, 0.1) is 0 Å². The highest BCUT2D eigenvalue weighted by Crippen LogP contribution is 2.31. The van der Waals surface area contributed by atoms with Crippen LogP contribution < -0.4 is 10.2 Å². The molecule has 8 heteroatoms. The second-order valence-electron chi connectivity index (χ2n) is 4.76. The first-order valence-corrected chi connectivity index (χ1v) is 7.90. The standard InChI is InChI=1S/C16H13Cl3N2O3/c1-9(13-6-11(18)7-14(19)16(13)23)20-21-15(22)8-24-12-4-2-10(17)3-5-12/h2-7,23H,8H2,1H3,(H,21,22)/b20-9+. The minimum atomic E-state index is -0.461. The average molecular weight is 388 g/mol. The summed E-state index contributed by atoms with van der Waals surface area (Å²) in [5, 5.41) is 14.8. The van der Waals surface area contributed by atoms with Crippen molar-refractivity contribution in [3.8, 4) is 11.5 Å². The first-order chi connectivity index (χ1) is 11.4. The van der Waals surface area contributed by atoms with Gasteiger partial charge < -0.3 is 9.84 Å². The topological polar surface area (TPSA) is 70.9 Å². The van der Waals surface area contributed by atoms with Crippen molar-refractivity contribution in [1.82, 2.24) is 5.43 Å². The zero-order valence-corrected chi connectivity index (χ0v) is 14.8. The molecular weight excluding hydrogens is 375 g/mol. The van der Waals surface area contributed by atoms with Crippen molar-refractivity contribution >= 4 is 46.4 Å². The van der Waals surface area contributed by atoms with Crippen molar-refractivity contribution < 1.29 is 14.6 Å². The lowest BCUT2D eigenvalue weighted by Gasteiger charge is -2.08. The van der Waals surface area contributed by atoms with Gasteiger partial charge in [-0.3, -0.25) is 4.79 Å². The molecule has 0 aliphatic heterocycles. The van der Waals surface area contributed by atoms with Gasteiger partial charge in [-0.05, 0) is 43.3 Å². The maximum atomic E-state index is 11.8. The normalized spacial score (nSPS) is 11.2. The van der Waals surface area contributed by atoms with Crippen LogP contribution in [0.25, 0.3) is 0 Å². The van der Waals surface area contributed by atoms with Crippen LogP contribution in [-0.2, 0) is 4.79 Å². The maximum Gasteiger partial charge on any atom is 0.277 e. The summed E-state index contributed by atoms with van der Waals surface area (Å²) in [7, 11) is 0. The van der Waals surface area contributed by atoms with Gasteiger partial charge >= 0.3 is 0 Å². The van der Waals surface area contributed by atoms with Gasteiger partial charge in [0.05, 0.1) is 10.7 Å². The zero-order chi connectivity index (χ0) is 17.7. The Morgan fingerprint density at radius 2 is 1.83 bits per heavy atom. The van der Waals surface area contributed by atoms with E-state index >= 15 is 0 Å². The molecule has 24 heavy (non-hydrogen) atoms. The molecule has 0 saturated heterocycles. The summed E-state index contributed by atoms with van der Waals surface area (Å²) in [4.78, 5) is 11.8. The Hall–Kier alpha value is -1.95. The molecule has 2 rings (SSSR count). The number of halogens is 3. The molecular formula is C16H13Cl3N2O3. The molecule has 0 aliphatic rings. The van der Waals surface area contributed by atoms with Gasteiger partial charge in [0.2, 0.25) is 0 Å². The van der Waals surface area contributed by atoms with E-state index < -0.39 is 5.91 Å². The predicted molar refractivity (Wildman–Crippen MR) is 95.4 cm³/mol. The molecule has 0 radical (unpaired) electrons. The molecule has 2 aromatic rings. The van der Waals surface area contributed by atoms with Crippen LogP contribution in [0.2, 0.25) is 15.1 Å². The Kier molecular flexibility index (Phi) is 6.31. The minimum Gasteiger partial charge on any atom is -0.506 e. The van der Waals surface area contributed by atoms with E-state index in [0.29, 0.717) is 27.1 Å². The molecule has 0 aliphatic carbocycles. The van der Waals surface area contributed by atoms with Crippen molar-refractivity contribution in [2.75, 3.05) is 6.61 Å². The second-order valence-corrected chi connectivity index (χ2v) is 6.04. The number of carbonyl (C=O) groups is 1. The van der Waals surface area contributed by atoms with Gasteiger partial charge in [-0.25, -0.2) is 5.43 Å². The van der Waals surface area contributed by atoms with Crippen molar-refractivity contribution in [2.45, 2.75) is 6.92 Å². The number of hydrogen-bond acceptors (Lipinski definition) is 4. The quantitative estimate of drug-likeness (QED) is 0.594. The van der Waals surface area contributed by atoms with Gasteiger partial charge in [-0.2, -0.15) is 5.10 Å². The van der Waals surface area contributed by atoms with E-state index in [1.54, 1.807) is 31.2 Å². The predicted octanol–water partition coefficient (Wildman–Crippen LogP) is 4.27. The first kappa shape index (κ1) is 18.4. The van der Waals surface area contributed by atoms with Crippen molar-refractivity contribution in [1.29, 1.82) is 0 Å². The number of hydrogen-bond donors (Lipinski definition) is 2. The monoisotopic (exact) mass is 386 g/mol. The van der Waals surface area contributed by atoms with Gasteiger partial charge in [-0.1, -0.05) is 34.8 Å². The van der Waals surface area contributed by atoms with E-state index in [0.717, 1.165) is 0 Å². The number of carbonyl (C=O) groups excluding carboxylic acids is 1. The number of aromatic hydroxyl groups is 1. The SMILES string of the molecule is C/C(=N\NC(=O)COc1ccc(Cl)cc1)c1cc(Cl)cc(Cl)c1O. The summed E-state index contributed by atoms with van der Waals surface area (Å²) in [6, 6.07) is 9.52. The summed E-state index contributed by atoms with van der Waals surface area (Å²) >= 11 is 17.5. The van der Waals surface area contributed by atoms with Crippen molar-refractivity contribution in [3.05, 3.63) is 57.0 Å². The Balaban J connectivity index is 1.97. The molecule has 0 aromatic heterocycles. The van der Waals surface area contributed by atoms with Gasteiger partial charge in [0.1, 0.15) is 11.5 Å². The lowest BCUT2D eigenvalue weighted by molar-refractivity contribution is -0.123. The molecule has 0 heterocycles. The molecule has 1 amide bonds. The first-order valence-electron chi connectivity index (χ1n) is 6.76. The third-order valence-corrected chi connectivity index (χ3v) is 3.71. The number of phenols is 1. The number of hydrazone groups is 1. The van der Waals surface area contributed by atoms with Gasteiger partial charge in [0.15, 0.2) is 6.61 Å². The van der Waals surface area contributed by atoms with Gasteiger partial charge in [0.25, 0.3) is 5.91 Å². The molecule has 2 N–H and O–H groups in total. The summed E-state index contributed by atoms with van der Waals surface area (Å²) in [6.45, 7) is 1.38. The van der Waals surface area contributed by atoms with Crippen LogP contribution in [0.5, 0.6) is 11.5 Å². The highest BCUT2D eigenvalue weighted by Gasteiger charge is 2.11. The molecule has 0 spiro atoms. The van der Waals surface area contributed by atoms with E-state index in [1.165, 1.54) is 12.1 Å². The fourth-order valence-corrected chi connectivity index (χ4v) is 2.38. The summed E-state index contributed by atoms with van der Waals surface area (Å²) in [6.07, 6.45) is 0. The summed E-state index contributed by atoms with van der Waals surface area (Å²) in [5.74, 6) is -0.111. The van der Waals surface area contributed by atoms with Crippen LogP contribution in [0.3, 0.4) is 0 Å². The van der Waals surface area contributed by atoms with E-state index in [2.05, 4.69) is 10.5 Å². The van der Waals surface area contributed by atoms with Crippen LogP contribution in [0.4, 0.5) is 0 Å². The fraction of sp³-hybridized carbons (Fsp3) is 0.125. The Bertz CT molecular complexity index is 777. The van der Waals surface area contributed by atoms with E-state index in [4.69, 9.17) is 39.5 Å². The number of amides is 1. The fourth-order valence-electron chi connectivity index (χ4n) is 1.76. The minimum absolute atomic E-state index is 0.101. The van der Waals surface area contributed by atoms with Gasteiger partial charge in [0, 0.05) is 15.6 Å². The highest BCUT2D eigenvalue weighted by molar-refractivity contribution is 6.36. The molecule has 0 bridgehead atoms. The number of ether oxygens (including phenoxy) is 1. The van der Waals surface area contributed by atoms with E-state index in [-0.39, 0.29) is 17.4 Å². The molecule has 2 aromatic carbocycles. The second kappa shape index (κ2) is 8.24. The largest absolute Gasteiger partial charge is 0.506 e. The lowest BCUT2D eigenvalue weighted by atomic mass is 10.1. The number of nitrogens with one attached hydrogen (secondary N) is 1. The number of benzene rings is 2. The maximum absolute atomic E-state index is 11.8. The van der Waals surface area contributed by atoms with E-state index in [1.807, 2.05) is 0 Å². The van der Waals surface area contributed by atoms with Crippen LogP contribution in [0.15, 0.2) is 41.5 Å². The molecule has 0 fully saturated rings. The highest BCUT2D eigenvalue weighted by atomic mass is 35.5. The Morgan fingerprint density at radius 1 is 1.17 bits per heavy atom.